The fraction of sp³-hybridized carbons (Fsp3) is 0.400. The Hall–Kier alpha value is -2.38. The van der Waals surface area contributed by atoms with Gasteiger partial charge in [0.25, 0.3) is 5.69 Å². The highest BCUT2D eigenvalue weighted by Gasteiger charge is 2.20. The molecule has 98 valence electrons. The molecule has 0 bridgehead atoms. The minimum atomic E-state index is -1.05. The topological polar surface area (TPSA) is 112 Å². The number of carbonyl (C=O) groups excluding carboxylic acids is 1. The maximum absolute atomic E-state index is 11.5. The zero-order valence-corrected chi connectivity index (χ0v) is 9.66. The maximum Gasteiger partial charge on any atom is 0.355 e. The van der Waals surface area contributed by atoms with Gasteiger partial charge in [-0.3, -0.25) is 14.9 Å². The van der Waals surface area contributed by atoms with Crippen molar-refractivity contribution in [3.05, 3.63) is 28.1 Å². The average molecular weight is 256 g/mol. The van der Waals surface area contributed by atoms with Gasteiger partial charge in [0.05, 0.1) is 24.1 Å². The van der Waals surface area contributed by atoms with Crippen molar-refractivity contribution < 1.29 is 24.4 Å². The molecule has 18 heavy (non-hydrogen) atoms. The summed E-state index contributed by atoms with van der Waals surface area (Å²) in [6, 6.07) is 1.07. The monoisotopic (exact) mass is 256 g/mol. The highest BCUT2D eigenvalue weighted by atomic mass is 16.6. The number of carbonyl (C=O) groups is 2. The second-order valence-electron chi connectivity index (χ2n) is 3.40. The molecule has 8 heteroatoms. The lowest BCUT2D eigenvalue weighted by atomic mass is 10.4. The Balaban J connectivity index is 3.00. The van der Waals surface area contributed by atoms with Crippen LogP contribution in [0, 0.1) is 10.1 Å². The van der Waals surface area contributed by atoms with Crippen molar-refractivity contribution in [2.24, 2.45) is 0 Å². The van der Waals surface area contributed by atoms with Gasteiger partial charge in [-0.2, -0.15) is 0 Å². The number of carboxylic acids is 1. The molecule has 0 aliphatic rings. The van der Waals surface area contributed by atoms with Crippen LogP contribution in [0.2, 0.25) is 0 Å². The van der Waals surface area contributed by atoms with E-state index in [1.807, 2.05) is 0 Å². The second kappa shape index (κ2) is 5.80. The third-order valence-corrected chi connectivity index (χ3v) is 2.14. The summed E-state index contributed by atoms with van der Waals surface area (Å²) in [5, 5.41) is 19.2. The van der Waals surface area contributed by atoms with Gasteiger partial charge in [-0.25, -0.2) is 4.79 Å². The molecular weight excluding hydrogens is 244 g/mol. The maximum atomic E-state index is 11.5. The molecule has 0 saturated heterocycles. The predicted molar refractivity (Wildman–Crippen MR) is 59.3 cm³/mol. The zero-order valence-electron chi connectivity index (χ0n) is 9.66. The predicted octanol–water partition coefficient (Wildman–Crippen LogP) is 1.05. The zero-order chi connectivity index (χ0) is 13.7. The molecule has 0 unspecified atom stereocenters. The third kappa shape index (κ3) is 3.30. The normalized spacial score (nSPS) is 10.1. The van der Waals surface area contributed by atoms with Crippen LogP contribution in [0.25, 0.3) is 0 Å². The van der Waals surface area contributed by atoms with Gasteiger partial charge in [-0.05, 0) is 6.92 Å². The van der Waals surface area contributed by atoms with E-state index < -0.39 is 16.9 Å². The van der Waals surface area contributed by atoms with Crippen molar-refractivity contribution in [3.63, 3.8) is 0 Å². The Morgan fingerprint density at radius 1 is 1.56 bits per heavy atom. The van der Waals surface area contributed by atoms with Gasteiger partial charge < -0.3 is 14.4 Å². The molecule has 1 heterocycles. The van der Waals surface area contributed by atoms with Crippen molar-refractivity contribution in [1.82, 2.24) is 4.57 Å². The van der Waals surface area contributed by atoms with Crippen LogP contribution in [0.15, 0.2) is 12.3 Å². The van der Waals surface area contributed by atoms with Crippen LogP contribution in [0.4, 0.5) is 5.69 Å². The van der Waals surface area contributed by atoms with Crippen LogP contribution in [-0.2, 0) is 16.1 Å². The highest BCUT2D eigenvalue weighted by Crippen LogP contribution is 2.17. The minimum absolute atomic E-state index is 0.0233. The van der Waals surface area contributed by atoms with Gasteiger partial charge in [-0.15, -0.1) is 0 Å². The number of nitrogens with zero attached hydrogens (tertiary/aromatic N) is 2. The van der Waals surface area contributed by atoms with E-state index in [0.717, 1.165) is 12.3 Å². The van der Waals surface area contributed by atoms with E-state index in [1.54, 1.807) is 6.92 Å². The molecule has 0 fully saturated rings. The van der Waals surface area contributed by atoms with Crippen molar-refractivity contribution in [1.29, 1.82) is 0 Å². The van der Waals surface area contributed by atoms with E-state index in [4.69, 9.17) is 9.84 Å². The lowest BCUT2D eigenvalue weighted by Gasteiger charge is -2.05. The van der Waals surface area contributed by atoms with E-state index in [2.05, 4.69) is 0 Å². The van der Waals surface area contributed by atoms with E-state index in [0.29, 0.717) is 0 Å². The molecule has 0 aliphatic heterocycles. The van der Waals surface area contributed by atoms with Crippen LogP contribution < -0.4 is 0 Å². The summed E-state index contributed by atoms with van der Waals surface area (Å²) in [4.78, 5) is 31.9. The molecule has 1 aromatic heterocycles. The van der Waals surface area contributed by atoms with Gasteiger partial charge in [0.2, 0.25) is 0 Å². The van der Waals surface area contributed by atoms with E-state index in [-0.39, 0.29) is 31.0 Å². The first-order valence-corrected chi connectivity index (χ1v) is 5.19. The van der Waals surface area contributed by atoms with Crippen molar-refractivity contribution in [2.75, 3.05) is 6.61 Å². The summed E-state index contributed by atoms with van der Waals surface area (Å²) in [5.41, 5.74) is -0.298. The fourth-order valence-corrected chi connectivity index (χ4v) is 1.37. The van der Waals surface area contributed by atoms with Crippen molar-refractivity contribution in [3.8, 4) is 0 Å². The number of carboxylic acid groups (broad SMARTS) is 1. The van der Waals surface area contributed by atoms with Crippen LogP contribution in [0.1, 0.15) is 23.8 Å². The molecule has 0 aliphatic carbocycles. The van der Waals surface area contributed by atoms with Crippen LogP contribution in [0.5, 0.6) is 0 Å². The Labute approximate surface area is 102 Å². The number of esters is 1. The number of hydrogen-bond acceptors (Lipinski definition) is 5. The second-order valence-corrected chi connectivity index (χ2v) is 3.40. The molecule has 1 N–H and O–H groups in total. The lowest BCUT2D eigenvalue weighted by molar-refractivity contribution is -0.384. The van der Waals surface area contributed by atoms with Crippen LogP contribution in [-0.4, -0.2) is 33.1 Å². The molecule has 0 amide bonds. The first-order valence-electron chi connectivity index (χ1n) is 5.19. The summed E-state index contributed by atoms with van der Waals surface area (Å²) in [5.74, 6) is -1.77. The lowest BCUT2D eigenvalue weighted by Crippen LogP contribution is -2.13. The molecule has 1 rings (SSSR count). The molecule has 0 saturated carbocycles. The number of rotatable bonds is 6. The van der Waals surface area contributed by atoms with Crippen molar-refractivity contribution >= 4 is 17.6 Å². The summed E-state index contributed by atoms with van der Waals surface area (Å²) in [6.45, 7) is 1.71. The summed E-state index contributed by atoms with van der Waals surface area (Å²) in [6.07, 6.45) is 0.882. The fourth-order valence-electron chi connectivity index (χ4n) is 1.37. The SMILES string of the molecule is CCOC(=O)c1cc([N+](=O)[O-])cn1CCC(=O)O. The molecule has 0 spiro atoms. The van der Waals surface area contributed by atoms with Gasteiger partial charge in [0.1, 0.15) is 5.69 Å². The van der Waals surface area contributed by atoms with E-state index in [1.165, 1.54) is 4.57 Å². The van der Waals surface area contributed by atoms with Gasteiger partial charge in [-0.1, -0.05) is 0 Å². The number of nitro groups is 1. The minimum Gasteiger partial charge on any atom is -0.481 e. The first-order chi connectivity index (χ1) is 8.45. The Kier molecular flexibility index (Phi) is 4.41. The number of ether oxygens (including phenoxy) is 1. The number of aromatic nitrogens is 1. The third-order valence-electron chi connectivity index (χ3n) is 2.14. The number of hydrogen-bond donors (Lipinski definition) is 1. The highest BCUT2D eigenvalue weighted by molar-refractivity contribution is 5.88. The first kappa shape index (κ1) is 13.7. The van der Waals surface area contributed by atoms with E-state index in [9.17, 15) is 19.7 Å². The van der Waals surface area contributed by atoms with Gasteiger partial charge >= 0.3 is 11.9 Å². The number of aryl methyl sites for hydroxylation is 1. The van der Waals surface area contributed by atoms with E-state index >= 15 is 0 Å². The smallest absolute Gasteiger partial charge is 0.355 e. The number of aliphatic carboxylic acids is 1. The molecular formula is C10H12N2O6. The van der Waals surface area contributed by atoms with Crippen LogP contribution in [0.3, 0.4) is 0 Å². The standard InChI is InChI=1S/C10H12N2O6/c1-2-18-10(15)8-5-7(12(16)17)6-11(8)4-3-9(13)14/h5-6H,2-4H2,1H3,(H,13,14). The Bertz CT molecular complexity index is 479. The largest absolute Gasteiger partial charge is 0.481 e. The summed E-state index contributed by atoms with van der Waals surface area (Å²) < 4.78 is 5.95. The van der Waals surface area contributed by atoms with Crippen LogP contribution >= 0.6 is 0 Å². The van der Waals surface area contributed by atoms with Gasteiger partial charge in [0.15, 0.2) is 0 Å². The quantitative estimate of drug-likeness (QED) is 0.462. The molecule has 1 aromatic rings. The molecule has 0 aromatic carbocycles. The summed E-state index contributed by atoms with van der Waals surface area (Å²) in [7, 11) is 0. The average Bonchev–Trinajstić information content (AvgIpc) is 2.70. The Morgan fingerprint density at radius 2 is 2.22 bits per heavy atom. The molecule has 0 radical (unpaired) electrons. The summed E-state index contributed by atoms with van der Waals surface area (Å²) >= 11 is 0. The Morgan fingerprint density at radius 3 is 2.72 bits per heavy atom. The molecule has 8 nitrogen and oxygen atoms in total. The van der Waals surface area contributed by atoms with Gasteiger partial charge in [0, 0.05) is 12.6 Å². The molecule has 0 atom stereocenters. The van der Waals surface area contributed by atoms with Crippen molar-refractivity contribution in [2.45, 2.75) is 19.9 Å².